The highest BCUT2D eigenvalue weighted by Crippen LogP contribution is 2.21. The van der Waals surface area contributed by atoms with Gasteiger partial charge in [0.2, 0.25) is 0 Å². The summed E-state index contributed by atoms with van der Waals surface area (Å²) in [6.07, 6.45) is 1.09. The molecule has 0 fully saturated rings. The molecule has 0 aliphatic carbocycles. The molecule has 3 N–H and O–H groups in total. The Labute approximate surface area is 156 Å². The van der Waals surface area contributed by atoms with Crippen LogP contribution in [0.4, 0.5) is 10.2 Å². The van der Waals surface area contributed by atoms with Crippen LogP contribution in [0, 0.1) is 17.1 Å². The fourth-order valence-corrected chi connectivity index (χ4v) is 2.70. The van der Waals surface area contributed by atoms with Crippen molar-refractivity contribution in [1.82, 2.24) is 15.1 Å². The van der Waals surface area contributed by atoms with Crippen molar-refractivity contribution in [2.24, 2.45) is 0 Å². The van der Waals surface area contributed by atoms with E-state index in [1.165, 1.54) is 24.3 Å². The van der Waals surface area contributed by atoms with E-state index in [1.54, 1.807) is 4.68 Å². The van der Waals surface area contributed by atoms with Crippen LogP contribution in [0.25, 0.3) is 5.69 Å². The lowest BCUT2D eigenvalue weighted by atomic mass is 10.1. The summed E-state index contributed by atoms with van der Waals surface area (Å²) in [7, 11) is 0. The number of hydrogen-bond donors (Lipinski definition) is 2. The molecule has 0 bridgehead atoms. The average molecular weight is 363 g/mol. The number of anilines is 1. The van der Waals surface area contributed by atoms with Crippen LogP contribution in [0.2, 0.25) is 0 Å². The fraction of sp³-hybridized carbons (Fsp3) is 0.150. The monoisotopic (exact) mass is 363 g/mol. The number of nitrogen functional groups attached to an aromatic ring is 1. The highest BCUT2D eigenvalue weighted by atomic mass is 19.1. The van der Waals surface area contributed by atoms with Gasteiger partial charge < -0.3 is 11.1 Å². The number of nitrogens with zero attached hydrogens (tertiary/aromatic N) is 3. The molecule has 0 aliphatic heterocycles. The van der Waals surface area contributed by atoms with Gasteiger partial charge in [-0.15, -0.1) is 0 Å². The van der Waals surface area contributed by atoms with Gasteiger partial charge in [-0.25, -0.2) is 9.07 Å². The topological polar surface area (TPSA) is 96.7 Å². The lowest BCUT2D eigenvalue weighted by molar-refractivity contribution is 0.0953. The number of benzene rings is 2. The number of aromatic nitrogens is 2. The van der Waals surface area contributed by atoms with Crippen LogP contribution < -0.4 is 11.1 Å². The van der Waals surface area contributed by atoms with Gasteiger partial charge in [0, 0.05) is 12.1 Å². The summed E-state index contributed by atoms with van der Waals surface area (Å²) in [5.41, 5.74) is 8.18. The first kappa shape index (κ1) is 18.1. The van der Waals surface area contributed by atoms with E-state index in [-0.39, 0.29) is 11.7 Å². The van der Waals surface area contributed by atoms with Crippen molar-refractivity contribution in [3.63, 3.8) is 0 Å². The molecule has 3 rings (SSSR count). The fourth-order valence-electron chi connectivity index (χ4n) is 2.70. The van der Waals surface area contributed by atoms with Crippen LogP contribution in [-0.2, 0) is 6.42 Å². The molecule has 3 aromatic rings. The van der Waals surface area contributed by atoms with Gasteiger partial charge in [0.15, 0.2) is 0 Å². The second kappa shape index (κ2) is 8.15. The van der Waals surface area contributed by atoms with E-state index in [9.17, 15) is 14.4 Å². The number of nitriles is 1. The number of para-hydroxylation sites is 1. The van der Waals surface area contributed by atoms with Crippen molar-refractivity contribution in [2.45, 2.75) is 12.8 Å². The maximum absolute atomic E-state index is 12.9. The van der Waals surface area contributed by atoms with E-state index in [0.717, 1.165) is 5.69 Å². The van der Waals surface area contributed by atoms with Crippen molar-refractivity contribution >= 4 is 11.7 Å². The lowest BCUT2D eigenvalue weighted by Crippen LogP contribution is -2.24. The summed E-state index contributed by atoms with van der Waals surface area (Å²) >= 11 is 0. The van der Waals surface area contributed by atoms with Gasteiger partial charge in [0.25, 0.3) is 5.91 Å². The van der Waals surface area contributed by atoms with Gasteiger partial charge in [-0.2, -0.15) is 10.4 Å². The molecule has 1 heterocycles. The van der Waals surface area contributed by atoms with E-state index in [0.29, 0.717) is 42.0 Å². The molecule has 2 aromatic carbocycles. The van der Waals surface area contributed by atoms with Crippen LogP contribution in [0.3, 0.4) is 0 Å². The van der Waals surface area contributed by atoms with Gasteiger partial charge in [0.05, 0.1) is 11.4 Å². The number of nitrogens with two attached hydrogens (primary N) is 1. The Hall–Kier alpha value is -3.66. The maximum Gasteiger partial charge on any atom is 0.251 e. The molecule has 0 atom stereocenters. The molecule has 0 aliphatic rings. The second-order valence-electron chi connectivity index (χ2n) is 5.93. The number of halogens is 1. The smallest absolute Gasteiger partial charge is 0.251 e. The molecular weight excluding hydrogens is 345 g/mol. The highest BCUT2D eigenvalue weighted by molar-refractivity contribution is 5.94. The summed E-state index contributed by atoms with van der Waals surface area (Å²) in [4.78, 5) is 12.0. The first-order valence-corrected chi connectivity index (χ1v) is 8.47. The minimum absolute atomic E-state index is 0.273. The molecule has 0 saturated carbocycles. The van der Waals surface area contributed by atoms with Crippen LogP contribution in [-0.4, -0.2) is 22.2 Å². The van der Waals surface area contributed by atoms with Gasteiger partial charge >= 0.3 is 0 Å². The van der Waals surface area contributed by atoms with Crippen LogP contribution >= 0.6 is 0 Å². The summed E-state index contributed by atoms with van der Waals surface area (Å²) in [6.45, 7) is 0.402. The van der Waals surface area contributed by atoms with E-state index in [4.69, 9.17) is 5.73 Å². The van der Waals surface area contributed by atoms with Crippen LogP contribution in [0.5, 0.6) is 0 Å². The number of rotatable bonds is 6. The Morgan fingerprint density at radius 2 is 1.89 bits per heavy atom. The summed E-state index contributed by atoms with van der Waals surface area (Å²) in [6, 6.07) is 16.8. The number of aryl methyl sites for hydroxylation is 1. The zero-order valence-corrected chi connectivity index (χ0v) is 14.5. The average Bonchev–Trinajstić information content (AvgIpc) is 3.01. The molecule has 0 radical (unpaired) electrons. The predicted octanol–water partition coefficient (Wildman–Crippen LogP) is 2.83. The normalized spacial score (nSPS) is 10.4. The van der Waals surface area contributed by atoms with E-state index >= 15 is 0 Å². The first-order valence-electron chi connectivity index (χ1n) is 8.47. The SMILES string of the molecule is N#Cc1c(CCCNC(=O)c2ccc(F)cc2)nn(-c2ccccc2)c1N. The molecule has 27 heavy (non-hydrogen) atoms. The number of amides is 1. The van der Waals surface area contributed by atoms with E-state index in [2.05, 4.69) is 16.5 Å². The van der Waals surface area contributed by atoms with Gasteiger partial charge in [-0.1, -0.05) is 18.2 Å². The lowest BCUT2D eigenvalue weighted by Gasteiger charge is -2.04. The van der Waals surface area contributed by atoms with Crippen molar-refractivity contribution in [3.05, 3.63) is 77.2 Å². The molecule has 1 aromatic heterocycles. The highest BCUT2D eigenvalue weighted by Gasteiger charge is 2.16. The number of carbonyl (C=O) groups excluding carboxylic acids is 1. The maximum atomic E-state index is 12.9. The molecule has 136 valence electrons. The molecule has 0 saturated heterocycles. The molecule has 7 heteroatoms. The van der Waals surface area contributed by atoms with Gasteiger partial charge in [-0.05, 0) is 49.2 Å². The van der Waals surface area contributed by atoms with E-state index < -0.39 is 0 Å². The third-order valence-electron chi connectivity index (χ3n) is 4.09. The van der Waals surface area contributed by atoms with Crippen molar-refractivity contribution in [2.75, 3.05) is 12.3 Å². The standard InChI is InChI=1S/C20H18FN5O/c21-15-10-8-14(9-11-15)20(27)24-12-4-7-18-17(13-22)19(23)26(25-18)16-5-2-1-3-6-16/h1-3,5-6,8-11H,4,7,12,23H2,(H,24,27). The van der Waals surface area contributed by atoms with Gasteiger partial charge in [0.1, 0.15) is 23.3 Å². The van der Waals surface area contributed by atoms with Crippen molar-refractivity contribution < 1.29 is 9.18 Å². The third kappa shape index (κ3) is 4.12. The Balaban J connectivity index is 1.62. The first-order chi connectivity index (χ1) is 13.1. The Morgan fingerprint density at radius 3 is 2.56 bits per heavy atom. The van der Waals surface area contributed by atoms with Crippen molar-refractivity contribution in [3.8, 4) is 11.8 Å². The quantitative estimate of drug-likeness (QED) is 0.658. The summed E-state index contributed by atoms with van der Waals surface area (Å²) in [5, 5.41) is 16.6. The number of nitrogens with one attached hydrogen (secondary N) is 1. The molecular formula is C20H18FN5O. The molecule has 0 spiro atoms. The zero-order valence-electron chi connectivity index (χ0n) is 14.5. The number of hydrogen-bond acceptors (Lipinski definition) is 4. The minimum atomic E-state index is -0.387. The molecule has 1 amide bonds. The van der Waals surface area contributed by atoms with E-state index in [1.807, 2.05) is 30.3 Å². The summed E-state index contributed by atoms with van der Waals surface area (Å²) < 4.78 is 14.4. The zero-order chi connectivity index (χ0) is 19.2. The second-order valence-corrected chi connectivity index (χ2v) is 5.93. The van der Waals surface area contributed by atoms with Gasteiger partial charge in [-0.3, -0.25) is 4.79 Å². The number of carbonyl (C=O) groups is 1. The Kier molecular flexibility index (Phi) is 5.47. The van der Waals surface area contributed by atoms with Crippen LogP contribution in [0.1, 0.15) is 28.0 Å². The van der Waals surface area contributed by atoms with Crippen molar-refractivity contribution in [1.29, 1.82) is 5.26 Å². The molecule has 0 unspecified atom stereocenters. The predicted molar refractivity (Wildman–Crippen MR) is 99.7 cm³/mol. The Bertz CT molecular complexity index is 974. The Morgan fingerprint density at radius 1 is 1.19 bits per heavy atom. The summed E-state index contributed by atoms with van der Waals surface area (Å²) in [5.74, 6) is -0.360. The van der Waals surface area contributed by atoms with Crippen LogP contribution in [0.15, 0.2) is 54.6 Å². The third-order valence-corrected chi connectivity index (χ3v) is 4.09. The molecule has 6 nitrogen and oxygen atoms in total. The largest absolute Gasteiger partial charge is 0.382 e. The minimum Gasteiger partial charge on any atom is -0.382 e.